The Kier molecular flexibility index (Phi) is 5.04. The lowest BCUT2D eigenvalue weighted by atomic mass is 9.84. The van der Waals surface area contributed by atoms with Gasteiger partial charge in [0.1, 0.15) is 0 Å². The topological polar surface area (TPSA) is 41.1 Å². The first-order valence-corrected chi connectivity index (χ1v) is 7.70. The van der Waals surface area contributed by atoms with Crippen molar-refractivity contribution in [1.29, 1.82) is 0 Å². The Morgan fingerprint density at radius 3 is 2.50 bits per heavy atom. The zero-order valence-corrected chi connectivity index (χ0v) is 11.9. The van der Waals surface area contributed by atoms with Gasteiger partial charge in [-0.15, -0.1) is 0 Å². The molecule has 2 N–H and O–H groups in total. The first-order valence-electron chi connectivity index (χ1n) is 7.70. The predicted molar refractivity (Wildman–Crippen MR) is 74.4 cm³/mol. The fourth-order valence-electron chi connectivity index (χ4n) is 3.32. The summed E-state index contributed by atoms with van der Waals surface area (Å²) in [7, 11) is 0. The Hall–Kier alpha value is -0.570. The molecule has 0 radical (unpaired) electrons. The second-order valence-electron chi connectivity index (χ2n) is 6.28. The predicted octanol–water partition coefficient (Wildman–Crippen LogP) is 2.46. The molecule has 1 saturated carbocycles. The zero-order chi connectivity index (χ0) is 13.0. The molecule has 3 nitrogen and oxygen atoms in total. The third-order valence-electron chi connectivity index (χ3n) is 4.76. The highest BCUT2D eigenvalue weighted by molar-refractivity contribution is 5.79. The van der Waals surface area contributed by atoms with E-state index in [9.17, 15) is 4.79 Å². The van der Waals surface area contributed by atoms with Gasteiger partial charge in [0.2, 0.25) is 5.91 Å². The summed E-state index contributed by atoms with van der Waals surface area (Å²) < 4.78 is 0. The van der Waals surface area contributed by atoms with Gasteiger partial charge in [-0.25, -0.2) is 0 Å². The molecular weight excluding hydrogens is 224 g/mol. The molecule has 2 fully saturated rings. The molecule has 18 heavy (non-hydrogen) atoms. The second kappa shape index (κ2) is 6.55. The van der Waals surface area contributed by atoms with Crippen LogP contribution in [0.5, 0.6) is 0 Å². The van der Waals surface area contributed by atoms with Gasteiger partial charge in [-0.2, -0.15) is 0 Å². The fourth-order valence-corrected chi connectivity index (χ4v) is 3.32. The Morgan fingerprint density at radius 1 is 1.17 bits per heavy atom. The average molecular weight is 252 g/mol. The lowest BCUT2D eigenvalue weighted by molar-refractivity contribution is -0.126. The molecule has 1 saturated heterocycles. The van der Waals surface area contributed by atoms with E-state index in [1.165, 1.54) is 32.1 Å². The monoisotopic (exact) mass is 252 g/mol. The molecule has 0 aromatic carbocycles. The minimum atomic E-state index is 0.187. The van der Waals surface area contributed by atoms with E-state index in [0.29, 0.717) is 18.0 Å². The van der Waals surface area contributed by atoms with Crippen LogP contribution in [0.2, 0.25) is 0 Å². The van der Waals surface area contributed by atoms with E-state index in [-0.39, 0.29) is 11.8 Å². The summed E-state index contributed by atoms with van der Waals surface area (Å²) in [5.41, 5.74) is 0. The SMILES string of the molecule is CC1CCC(C(=O)NC(C)C2CCCCC2)CN1. The first-order chi connectivity index (χ1) is 8.66. The molecule has 1 amide bonds. The van der Waals surface area contributed by atoms with Crippen molar-refractivity contribution in [2.24, 2.45) is 11.8 Å². The molecule has 1 aliphatic carbocycles. The van der Waals surface area contributed by atoms with E-state index < -0.39 is 0 Å². The van der Waals surface area contributed by atoms with Gasteiger partial charge in [-0.1, -0.05) is 19.3 Å². The van der Waals surface area contributed by atoms with Crippen LogP contribution in [-0.4, -0.2) is 24.5 Å². The van der Waals surface area contributed by atoms with Crippen molar-refractivity contribution in [2.45, 2.75) is 70.9 Å². The quantitative estimate of drug-likeness (QED) is 0.810. The summed E-state index contributed by atoms with van der Waals surface area (Å²) >= 11 is 0. The van der Waals surface area contributed by atoms with Crippen LogP contribution in [0.1, 0.15) is 58.8 Å². The number of hydrogen-bond donors (Lipinski definition) is 2. The third-order valence-corrected chi connectivity index (χ3v) is 4.76. The van der Waals surface area contributed by atoms with Gasteiger partial charge >= 0.3 is 0 Å². The van der Waals surface area contributed by atoms with Crippen molar-refractivity contribution in [3.8, 4) is 0 Å². The number of rotatable bonds is 3. The lowest BCUT2D eigenvalue weighted by Gasteiger charge is -2.31. The third kappa shape index (κ3) is 3.71. The minimum Gasteiger partial charge on any atom is -0.353 e. The first kappa shape index (κ1) is 13.9. The molecule has 0 aromatic rings. The van der Waals surface area contributed by atoms with Gasteiger partial charge in [0, 0.05) is 18.6 Å². The maximum atomic E-state index is 12.2. The van der Waals surface area contributed by atoms with Crippen LogP contribution in [0, 0.1) is 11.8 Å². The van der Waals surface area contributed by atoms with Crippen LogP contribution < -0.4 is 10.6 Å². The Bertz CT molecular complexity index is 266. The molecule has 1 heterocycles. The highest BCUT2D eigenvalue weighted by Gasteiger charge is 2.27. The van der Waals surface area contributed by atoms with Crippen LogP contribution in [-0.2, 0) is 4.79 Å². The number of carbonyl (C=O) groups is 1. The summed E-state index contributed by atoms with van der Waals surface area (Å²) in [5.74, 6) is 1.16. The van der Waals surface area contributed by atoms with E-state index in [2.05, 4.69) is 24.5 Å². The van der Waals surface area contributed by atoms with Crippen molar-refractivity contribution in [1.82, 2.24) is 10.6 Å². The molecule has 0 spiro atoms. The largest absolute Gasteiger partial charge is 0.353 e. The standard InChI is InChI=1S/C15H28N2O/c1-11-8-9-14(10-16-11)15(18)17-12(2)13-6-4-3-5-7-13/h11-14,16H,3-10H2,1-2H3,(H,17,18). The van der Waals surface area contributed by atoms with E-state index in [4.69, 9.17) is 0 Å². The maximum Gasteiger partial charge on any atom is 0.224 e. The fraction of sp³-hybridized carbons (Fsp3) is 0.933. The van der Waals surface area contributed by atoms with Crippen LogP contribution in [0.15, 0.2) is 0 Å². The van der Waals surface area contributed by atoms with Gasteiger partial charge < -0.3 is 10.6 Å². The Balaban J connectivity index is 1.75. The van der Waals surface area contributed by atoms with Crippen LogP contribution in [0.3, 0.4) is 0 Å². The van der Waals surface area contributed by atoms with Crippen LogP contribution >= 0.6 is 0 Å². The minimum absolute atomic E-state index is 0.187. The smallest absolute Gasteiger partial charge is 0.224 e. The second-order valence-corrected chi connectivity index (χ2v) is 6.28. The Labute approximate surface area is 111 Å². The Morgan fingerprint density at radius 2 is 1.89 bits per heavy atom. The van der Waals surface area contributed by atoms with Crippen molar-refractivity contribution in [3.63, 3.8) is 0 Å². The average Bonchev–Trinajstić information content (AvgIpc) is 2.40. The number of carbonyl (C=O) groups excluding carboxylic acids is 1. The van der Waals surface area contributed by atoms with Crippen molar-refractivity contribution < 1.29 is 4.79 Å². The summed E-state index contributed by atoms with van der Waals surface area (Å²) in [6.45, 7) is 5.23. The number of amides is 1. The molecular formula is C15H28N2O. The van der Waals surface area contributed by atoms with Gasteiger partial charge in [0.05, 0.1) is 5.92 Å². The molecule has 3 atom stereocenters. The summed E-state index contributed by atoms with van der Waals surface area (Å²) in [5, 5.41) is 6.66. The van der Waals surface area contributed by atoms with Gasteiger partial charge in [0.15, 0.2) is 0 Å². The highest BCUT2D eigenvalue weighted by Crippen LogP contribution is 2.26. The van der Waals surface area contributed by atoms with E-state index in [1.54, 1.807) is 0 Å². The lowest BCUT2D eigenvalue weighted by Crippen LogP contribution is -2.47. The van der Waals surface area contributed by atoms with E-state index >= 15 is 0 Å². The highest BCUT2D eigenvalue weighted by atomic mass is 16.2. The molecule has 0 aromatic heterocycles. The maximum absolute atomic E-state index is 12.2. The molecule has 3 unspecified atom stereocenters. The molecule has 2 aliphatic rings. The summed E-state index contributed by atoms with van der Waals surface area (Å²) in [6, 6.07) is 0.932. The zero-order valence-electron chi connectivity index (χ0n) is 11.9. The van der Waals surface area contributed by atoms with Gasteiger partial charge in [-0.05, 0) is 45.4 Å². The molecule has 3 heteroatoms. The van der Waals surface area contributed by atoms with E-state index in [0.717, 1.165) is 19.4 Å². The van der Waals surface area contributed by atoms with Crippen molar-refractivity contribution in [2.75, 3.05) is 6.54 Å². The van der Waals surface area contributed by atoms with Gasteiger partial charge in [0.25, 0.3) is 0 Å². The van der Waals surface area contributed by atoms with Crippen LogP contribution in [0.25, 0.3) is 0 Å². The normalized spacial score (nSPS) is 31.9. The van der Waals surface area contributed by atoms with E-state index in [1.807, 2.05) is 0 Å². The number of hydrogen-bond acceptors (Lipinski definition) is 2. The molecule has 104 valence electrons. The summed E-state index contributed by atoms with van der Waals surface area (Å²) in [6.07, 6.45) is 8.80. The van der Waals surface area contributed by atoms with Crippen molar-refractivity contribution in [3.05, 3.63) is 0 Å². The molecule has 2 rings (SSSR count). The molecule has 1 aliphatic heterocycles. The molecule has 0 bridgehead atoms. The number of nitrogens with one attached hydrogen (secondary N) is 2. The van der Waals surface area contributed by atoms with Crippen LogP contribution in [0.4, 0.5) is 0 Å². The summed E-state index contributed by atoms with van der Waals surface area (Å²) in [4.78, 5) is 12.2. The number of piperidine rings is 1. The van der Waals surface area contributed by atoms with Crippen molar-refractivity contribution >= 4 is 5.91 Å². The van der Waals surface area contributed by atoms with Gasteiger partial charge in [-0.3, -0.25) is 4.79 Å².